The standard InChI is InChI=1S/C14H25N5O/c1-5-7-11-13(15-6-2)17-9-18-14(11)16-8-12(20)19-10(3)4/h9-10H,5-8H2,1-4H3,(H,19,20)(H2,15,16,17,18). The second-order valence-electron chi connectivity index (χ2n) is 4.91. The highest BCUT2D eigenvalue weighted by molar-refractivity contribution is 5.81. The lowest BCUT2D eigenvalue weighted by Gasteiger charge is -2.15. The van der Waals surface area contributed by atoms with Crippen molar-refractivity contribution in [3.8, 4) is 0 Å². The summed E-state index contributed by atoms with van der Waals surface area (Å²) in [7, 11) is 0. The minimum atomic E-state index is -0.0361. The molecule has 0 aromatic carbocycles. The van der Waals surface area contributed by atoms with E-state index in [-0.39, 0.29) is 18.5 Å². The van der Waals surface area contributed by atoms with Gasteiger partial charge in [0.15, 0.2) is 0 Å². The van der Waals surface area contributed by atoms with E-state index in [9.17, 15) is 4.79 Å². The Hall–Kier alpha value is -1.85. The summed E-state index contributed by atoms with van der Waals surface area (Å²) >= 11 is 0. The molecule has 0 radical (unpaired) electrons. The van der Waals surface area contributed by atoms with Gasteiger partial charge in [0, 0.05) is 18.2 Å². The Labute approximate surface area is 120 Å². The molecule has 0 aliphatic rings. The second kappa shape index (κ2) is 8.35. The maximum absolute atomic E-state index is 11.7. The van der Waals surface area contributed by atoms with Crippen LogP contribution in [-0.4, -0.2) is 35.0 Å². The number of hydrogen-bond acceptors (Lipinski definition) is 5. The van der Waals surface area contributed by atoms with Crippen LogP contribution in [0.15, 0.2) is 6.33 Å². The van der Waals surface area contributed by atoms with Crippen LogP contribution in [0.1, 0.15) is 39.7 Å². The van der Waals surface area contributed by atoms with Gasteiger partial charge in [-0.1, -0.05) is 13.3 Å². The van der Waals surface area contributed by atoms with Crippen LogP contribution in [0, 0.1) is 0 Å². The predicted molar refractivity (Wildman–Crippen MR) is 82.0 cm³/mol. The lowest BCUT2D eigenvalue weighted by molar-refractivity contribution is -0.119. The van der Waals surface area contributed by atoms with Gasteiger partial charge >= 0.3 is 0 Å². The Morgan fingerprint density at radius 3 is 2.40 bits per heavy atom. The number of nitrogens with zero attached hydrogens (tertiary/aromatic N) is 2. The quantitative estimate of drug-likeness (QED) is 0.676. The van der Waals surface area contributed by atoms with Gasteiger partial charge in [-0.05, 0) is 27.2 Å². The Morgan fingerprint density at radius 1 is 1.20 bits per heavy atom. The molecule has 0 atom stereocenters. The van der Waals surface area contributed by atoms with Crippen molar-refractivity contribution in [1.82, 2.24) is 15.3 Å². The monoisotopic (exact) mass is 279 g/mol. The van der Waals surface area contributed by atoms with Gasteiger partial charge < -0.3 is 16.0 Å². The van der Waals surface area contributed by atoms with Crippen LogP contribution in [0.4, 0.5) is 11.6 Å². The summed E-state index contributed by atoms with van der Waals surface area (Å²) in [5.74, 6) is 1.54. The number of rotatable bonds is 8. The van der Waals surface area contributed by atoms with E-state index in [0.717, 1.165) is 36.6 Å². The average Bonchev–Trinajstić information content (AvgIpc) is 2.39. The lowest BCUT2D eigenvalue weighted by atomic mass is 10.1. The Kier molecular flexibility index (Phi) is 6.76. The molecule has 1 aromatic heterocycles. The molecule has 1 aromatic rings. The molecule has 0 saturated carbocycles. The molecule has 0 saturated heterocycles. The first kappa shape index (κ1) is 16.2. The number of nitrogens with one attached hydrogen (secondary N) is 3. The van der Waals surface area contributed by atoms with Gasteiger partial charge in [0.05, 0.1) is 6.54 Å². The maximum atomic E-state index is 11.7. The second-order valence-corrected chi connectivity index (χ2v) is 4.91. The van der Waals surface area contributed by atoms with Crippen LogP contribution < -0.4 is 16.0 Å². The molecular formula is C14H25N5O. The van der Waals surface area contributed by atoms with Gasteiger partial charge in [-0.3, -0.25) is 4.79 Å². The minimum absolute atomic E-state index is 0.0361. The fourth-order valence-corrected chi connectivity index (χ4v) is 1.91. The smallest absolute Gasteiger partial charge is 0.239 e. The van der Waals surface area contributed by atoms with E-state index >= 15 is 0 Å². The molecule has 0 fully saturated rings. The highest BCUT2D eigenvalue weighted by Gasteiger charge is 2.11. The predicted octanol–water partition coefficient (Wildman–Crippen LogP) is 1.80. The van der Waals surface area contributed by atoms with Crippen molar-refractivity contribution in [3.05, 3.63) is 11.9 Å². The average molecular weight is 279 g/mol. The fraction of sp³-hybridized carbons (Fsp3) is 0.643. The summed E-state index contributed by atoms with van der Waals surface area (Å²) in [6.45, 7) is 9.04. The molecule has 1 heterocycles. The summed E-state index contributed by atoms with van der Waals surface area (Å²) in [4.78, 5) is 20.2. The van der Waals surface area contributed by atoms with E-state index in [1.807, 2.05) is 20.8 Å². The van der Waals surface area contributed by atoms with Crippen molar-refractivity contribution >= 4 is 17.5 Å². The van der Waals surface area contributed by atoms with E-state index in [2.05, 4.69) is 32.8 Å². The number of aromatic nitrogens is 2. The Balaban J connectivity index is 2.77. The largest absolute Gasteiger partial charge is 0.370 e. The lowest BCUT2D eigenvalue weighted by Crippen LogP contribution is -2.35. The van der Waals surface area contributed by atoms with Gasteiger partial charge in [0.1, 0.15) is 18.0 Å². The zero-order valence-corrected chi connectivity index (χ0v) is 12.8. The van der Waals surface area contributed by atoms with E-state index < -0.39 is 0 Å². The van der Waals surface area contributed by atoms with Gasteiger partial charge in [0.25, 0.3) is 0 Å². The van der Waals surface area contributed by atoms with Crippen molar-refractivity contribution in [2.75, 3.05) is 23.7 Å². The third kappa shape index (κ3) is 5.03. The van der Waals surface area contributed by atoms with E-state index in [1.165, 1.54) is 6.33 Å². The topological polar surface area (TPSA) is 78.9 Å². The van der Waals surface area contributed by atoms with Crippen LogP contribution in [-0.2, 0) is 11.2 Å². The summed E-state index contributed by atoms with van der Waals surface area (Å²) in [6, 6.07) is 0.141. The van der Waals surface area contributed by atoms with Crippen molar-refractivity contribution in [3.63, 3.8) is 0 Å². The maximum Gasteiger partial charge on any atom is 0.239 e. The van der Waals surface area contributed by atoms with Crippen molar-refractivity contribution < 1.29 is 4.79 Å². The SMILES string of the molecule is CCCc1c(NCC)ncnc1NCC(=O)NC(C)C. The van der Waals surface area contributed by atoms with E-state index in [0.29, 0.717) is 0 Å². The Bertz CT molecular complexity index is 434. The minimum Gasteiger partial charge on any atom is -0.370 e. The number of carbonyl (C=O) groups is 1. The number of carbonyl (C=O) groups excluding carboxylic acids is 1. The molecule has 0 aliphatic heterocycles. The molecule has 1 rings (SSSR count). The highest BCUT2D eigenvalue weighted by Crippen LogP contribution is 2.21. The molecule has 6 nitrogen and oxygen atoms in total. The number of amides is 1. The van der Waals surface area contributed by atoms with Crippen LogP contribution in [0.2, 0.25) is 0 Å². The molecule has 1 amide bonds. The number of anilines is 2. The first-order valence-electron chi connectivity index (χ1n) is 7.19. The zero-order chi connectivity index (χ0) is 15.0. The van der Waals surface area contributed by atoms with Crippen LogP contribution in [0.5, 0.6) is 0 Å². The molecule has 6 heteroatoms. The van der Waals surface area contributed by atoms with Gasteiger partial charge in [-0.2, -0.15) is 0 Å². The zero-order valence-electron chi connectivity index (χ0n) is 12.8. The molecular weight excluding hydrogens is 254 g/mol. The van der Waals surface area contributed by atoms with Crippen molar-refractivity contribution in [2.24, 2.45) is 0 Å². The highest BCUT2D eigenvalue weighted by atomic mass is 16.1. The number of hydrogen-bond donors (Lipinski definition) is 3. The van der Waals surface area contributed by atoms with Crippen LogP contribution in [0.25, 0.3) is 0 Å². The van der Waals surface area contributed by atoms with Gasteiger partial charge in [0.2, 0.25) is 5.91 Å². The summed E-state index contributed by atoms with van der Waals surface area (Å²) < 4.78 is 0. The summed E-state index contributed by atoms with van der Waals surface area (Å²) in [6.07, 6.45) is 3.38. The molecule has 112 valence electrons. The molecule has 0 aliphatic carbocycles. The van der Waals surface area contributed by atoms with E-state index in [1.54, 1.807) is 0 Å². The fourth-order valence-electron chi connectivity index (χ4n) is 1.91. The van der Waals surface area contributed by atoms with Gasteiger partial charge in [-0.15, -0.1) is 0 Å². The first-order valence-corrected chi connectivity index (χ1v) is 7.19. The van der Waals surface area contributed by atoms with Gasteiger partial charge in [-0.25, -0.2) is 9.97 Å². The van der Waals surface area contributed by atoms with Crippen LogP contribution >= 0.6 is 0 Å². The molecule has 0 spiro atoms. The third-order valence-electron chi connectivity index (χ3n) is 2.66. The van der Waals surface area contributed by atoms with Crippen molar-refractivity contribution in [2.45, 2.75) is 46.6 Å². The Morgan fingerprint density at radius 2 is 1.85 bits per heavy atom. The summed E-state index contributed by atoms with van der Waals surface area (Å²) in [5, 5.41) is 9.17. The molecule has 3 N–H and O–H groups in total. The molecule has 20 heavy (non-hydrogen) atoms. The molecule has 0 unspecified atom stereocenters. The summed E-state index contributed by atoms with van der Waals surface area (Å²) in [5.41, 5.74) is 1.04. The van der Waals surface area contributed by atoms with Crippen molar-refractivity contribution in [1.29, 1.82) is 0 Å². The normalized spacial score (nSPS) is 10.4. The molecule has 0 bridgehead atoms. The van der Waals surface area contributed by atoms with Crippen LogP contribution in [0.3, 0.4) is 0 Å². The van der Waals surface area contributed by atoms with E-state index in [4.69, 9.17) is 0 Å². The third-order valence-corrected chi connectivity index (χ3v) is 2.66. The first-order chi connectivity index (χ1) is 9.58.